The molecule has 1 aromatic carbocycles. The first-order chi connectivity index (χ1) is 9.84. The normalized spacial score (nSPS) is 11.9. The highest BCUT2D eigenvalue weighted by Crippen LogP contribution is 2.14. The zero-order valence-electron chi connectivity index (χ0n) is 13.4. The Labute approximate surface area is 126 Å². The zero-order valence-corrected chi connectivity index (χ0v) is 13.4. The van der Waals surface area contributed by atoms with E-state index in [1.165, 1.54) is 9.80 Å². The van der Waals surface area contributed by atoms with Crippen molar-refractivity contribution in [3.05, 3.63) is 35.9 Å². The molecule has 0 aliphatic rings. The molecule has 0 bridgehead atoms. The molecule has 0 aliphatic heterocycles. The Morgan fingerprint density at radius 1 is 1.10 bits per heavy atom. The van der Waals surface area contributed by atoms with E-state index in [1.807, 2.05) is 44.2 Å². The second-order valence-corrected chi connectivity index (χ2v) is 5.57. The molecule has 21 heavy (non-hydrogen) atoms. The first-order valence-corrected chi connectivity index (χ1v) is 6.99. The number of likely N-dealkylation sites (N-methyl/N-ethyl adjacent to an activating group) is 1. The van der Waals surface area contributed by atoms with E-state index in [4.69, 9.17) is 4.74 Å². The third-order valence-corrected chi connectivity index (χ3v) is 3.20. The summed E-state index contributed by atoms with van der Waals surface area (Å²) in [6, 6.07) is 8.68. The topological polar surface area (TPSA) is 49.9 Å². The number of carbonyl (C=O) groups excluding carboxylic acids is 2. The molecule has 1 rings (SSSR count). The fourth-order valence-corrected chi connectivity index (χ4v) is 2.13. The molecule has 0 N–H and O–H groups in total. The van der Waals surface area contributed by atoms with Crippen molar-refractivity contribution in [2.75, 3.05) is 21.1 Å². The molecule has 0 saturated carbocycles. The Balaban J connectivity index is 2.72. The maximum absolute atomic E-state index is 12.3. The molecule has 5 nitrogen and oxygen atoms in total. The number of amides is 2. The summed E-state index contributed by atoms with van der Waals surface area (Å²) in [5.41, 5.74) is 0.926. The van der Waals surface area contributed by atoms with Crippen LogP contribution in [0.15, 0.2) is 30.3 Å². The number of nitrogens with zero attached hydrogens (tertiary/aromatic N) is 2. The van der Waals surface area contributed by atoms with Crippen LogP contribution < -0.4 is 0 Å². The fraction of sp³-hybridized carbons (Fsp3) is 0.500. The number of rotatable bonds is 5. The van der Waals surface area contributed by atoms with E-state index in [-0.39, 0.29) is 24.5 Å². The van der Waals surface area contributed by atoms with Gasteiger partial charge in [0.1, 0.15) is 12.6 Å². The standard InChI is InChI=1S/C16H24N2O3/c1-12(2)14(18(5)16(20)17(3)4)15(19)21-11-13-9-7-6-8-10-13/h6-10,12,14H,11H2,1-5H3/t14-/m0/s1. The largest absolute Gasteiger partial charge is 0.459 e. The molecule has 0 spiro atoms. The van der Waals surface area contributed by atoms with Gasteiger partial charge in [0, 0.05) is 21.1 Å². The summed E-state index contributed by atoms with van der Waals surface area (Å²) < 4.78 is 5.35. The van der Waals surface area contributed by atoms with Crippen molar-refractivity contribution < 1.29 is 14.3 Å². The van der Waals surface area contributed by atoms with E-state index in [1.54, 1.807) is 21.1 Å². The molecule has 0 aromatic heterocycles. The minimum atomic E-state index is -0.594. The number of urea groups is 1. The second kappa shape index (κ2) is 7.67. The number of hydrogen-bond donors (Lipinski definition) is 0. The average Bonchev–Trinajstić information content (AvgIpc) is 2.44. The Hall–Kier alpha value is -2.04. The van der Waals surface area contributed by atoms with Gasteiger partial charge in [-0.3, -0.25) is 0 Å². The van der Waals surface area contributed by atoms with Crippen LogP contribution in [0.2, 0.25) is 0 Å². The molecule has 0 aliphatic carbocycles. The molecule has 0 unspecified atom stereocenters. The van der Waals surface area contributed by atoms with Gasteiger partial charge in [-0.25, -0.2) is 9.59 Å². The average molecular weight is 292 g/mol. The summed E-state index contributed by atoms with van der Waals surface area (Å²) in [5.74, 6) is -0.409. The van der Waals surface area contributed by atoms with Gasteiger partial charge in [0.25, 0.3) is 0 Å². The third kappa shape index (κ3) is 4.77. The van der Waals surface area contributed by atoms with Crippen LogP contribution in [-0.4, -0.2) is 49.0 Å². The maximum atomic E-state index is 12.3. The van der Waals surface area contributed by atoms with Crippen molar-refractivity contribution in [1.29, 1.82) is 0 Å². The van der Waals surface area contributed by atoms with Gasteiger partial charge in [0.15, 0.2) is 0 Å². The van der Waals surface area contributed by atoms with Gasteiger partial charge in [-0.2, -0.15) is 0 Å². The Kier molecular flexibility index (Phi) is 6.21. The molecule has 1 atom stereocenters. The summed E-state index contributed by atoms with van der Waals surface area (Å²) in [5, 5.41) is 0. The lowest BCUT2D eigenvalue weighted by Crippen LogP contribution is -2.49. The van der Waals surface area contributed by atoms with E-state index >= 15 is 0 Å². The number of carbonyl (C=O) groups is 2. The molecule has 0 saturated heterocycles. The lowest BCUT2D eigenvalue weighted by atomic mass is 10.0. The molecule has 0 heterocycles. The molecule has 0 fully saturated rings. The van der Waals surface area contributed by atoms with Gasteiger partial charge < -0.3 is 14.5 Å². The van der Waals surface area contributed by atoms with Crippen molar-refractivity contribution in [3.63, 3.8) is 0 Å². The lowest BCUT2D eigenvalue weighted by Gasteiger charge is -2.31. The Morgan fingerprint density at radius 3 is 2.14 bits per heavy atom. The van der Waals surface area contributed by atoms with Crippen LogP contribution in [0, 0.1) is 5.92 Å². The lowest BCUT2D eigenvalue weighted by molar-refractivity contribution is -0.151. The van der Waals surface area contributed by atoms with Crippen molar-refractivity contribution >= 4 is 12.0 Å². The highest BCUT2D eigenvalue weighted by Gasteiger charge is 2.31. The zero-order chi connectivity index (χ0) is 16.0. The number of esters is 1. The summed E-state index contributed by atoms with van der Waals surface area (Å²) in [6.45, 7) is 4.01. The van der Waals surface area contributed by atoms with Crippen LogP contribution in [0.5, 0.6) is 0 Å². The minimum Gasteiger partial charge on any atom is -0.459 e. The predicted molar refractivity (Wildman–Crippen MR) is 81.7 cm³/mol. The first-order valence-electron chi connectivity index (χ1n) is 6.99. The van der Waals surface area contributed by atoms with E-state index in [0.29, 0.717) is 0 Å². The highest BCUT2D eigenvalue weighted by atomic mass is 16.5. The van der Waals surface area contributed by atoms with Crippen molar-refractivity contribution in [3.8, 4) is 0 Å². The van der Waals surface area contributed by atoms with Gasteiger partial charge in [0.2, 0.25) is 0 Å². The van der Waals surface area contributed by atoms with Crippen molar-refractivity contribution in [1.82, 2.24) is 9.80 Å². The van der Waals surface area contributed by atoms with Gasteiger partial charge in [-0.15, -0.1) is 0 Å². The van der Waals surface area contributed by atoms with Gasteiger partial charge in [-0.05, 0) is 11.5 Å². The van der Waals surface area contributed by atoms with Gasteiger partial charge >= 0.3 is 12.0 Å². The minimum absolute atomic E-state index is 0.0258. The fourth-order valence-electron chi connectivity index (χ4n) is 2.13. The first kappa shape index (κ1) is 17.0. The molecule has 5 heteroatoms. The molecule has 2 amide bonds. The summed E-state index contributed by atoms with van der Waals surface area (Å²) >= 11 is 0. The smallest absolute Gasteiger partial charge is 0.329 e. The summed E-state index contributed by atoms with van der Waals surface area (Å²) in [7, 11) is 4.94. The predicted octanol–water partition coefficient (Wildman–Crippen LogP) is 2.37. The van der Waals surface area contributed by atoms with E-state index < -0.39 is 6.04 Å². The van der Waals surface area contributed by atoms with Crippen LogP contribution in [-0.2, 0) is 16.1 Å². The number of ether oxygens (including phenoxy) is 1. The van der Waals surface area contributed by atoms with E-state index in [9.17, 15) is 9.59 Å². The highest BCUT2D eigenvalue weighted by molar-refractivity contribution is 5.83. The van der Waals surface area contributed by atoms with Crippen molar-refractivity contribution in [2.45, 2.75) is 26.5 Å². The Bertz CT molecular complexity index is 472. The monoisotopic (exact) mass is 292 g/mol. The summed E-state index contributed by atoms with van der Waals surface area (Å²) in [4.78, 5) is 27.2. The SMILES string of the molecule is CC(C)[C@@H](C(=O)OCc1ccccc1)N(C)C(=O)N(C)C. The second-order valence-electron chi connectivity index (χ2n) is 5.57. The number of benzene rings is 1. The molecular weight excluding hydrogens is 268 g/mol. The number of hydrogen-bond acceptors (Lipinski definition) is 3. The van der Waals surface area contributed by atoms with Crippen LogP contribution >= 0.6 is 0 Å². The maximum Gasteiger partial charge on any atom is 0.329 e. The Morgan fingerprint density at radius 2 is 1.67 bits per heavy atom. The molecule has 116 valence electrons. The van der Waals surface area contributed by atoms with Crippen molar-refractivity contribution in [2.24, 2.45) is 5.92 Å². The van der Waals surface area contributed by atoms with Crippen LogP contribution in [0.25, 0.3) is 0 Å². The van der Waals surface area contributed by atoms with Gasteiger partial charge in [0.05, 0.1) is 0 Å². The molecule has 0 radical (unpaired) electrons. The third-order valence-electron chi connectivity index (χ3n) is 3.20. The van der Waals surface area contributed by atoms with Crippen LogP contribution in [0.4, 0.5) is 4.79 Å². The summed E-state index contributed by atoms with van der Waals surface area (Å²) in [6.07, 6.45) is 0. The quantitative estimate of drug-likeness (QED) is 0.783. The van der Waals surface area contributed by atoms with Gasteiger partial charge in [-0.1, -0.05) is 44.2 Å². The molecule has 1 aromatic rings. The van der Waals surface area contributed by atoms with E-state index in [2.05, 4.69) is 0 Å². The van der Waals surface area contributed by atoms with Crippen LogP contribution in [0.3, 0.4) is 0 Å². The van der Waals surface area contributed by atoms with Crippen LogP contribution in [0.1, 0.15) is 19.4 Å². The van der Waals surface area contributed by atoms with E-state index in [0.717, 1.165) is 5.56 Å². The molecular formula is C16H24N2O3.